The molecule has 0 bridgehead atoms. The Kier molecular flexibility index (Phi) is 7.08. The Balaban J connectivity index is 4.37. The lowest BCUT2D eigenvalue weighted by Gasteiger charge is -2.23. The van der Waals surface area contributed by atoms with Crippen LogP contribution in [0.25, 0.3) is 0 Å². The number of sulfonamides is 1. The van der Waals surface area contributed by atoms with Crippen molar-refractivity contribution in [1.29, 1.82) is 0 Å². The molecule has 2 N–H and O–H groups in total. The molecule has 0 heterocycles. The van der Waals surface area contributed by atoms with Gasteiger partial charge in [0.1, 0.15) is 0 Å². The van der Waals surface area contributed by atoms with E-state index in [9.17, 15) is 8.42 Å². The maximum absolute atomic E-state index is 11.8. The molecule has 0 radical (unpaired) electrons. The second kappa shape index (κ2) is 7.16. The molecule has 0 aromatic rings. The second-order valence-corrected chi connectivity index (χ2v) is 5.69. The lowest BCUT2D eigenvalue weighted by molar-refractivity contribution is 0.215. The summed E-state index contributed by atoms with van der Waals surface area (Å²) in [5, 5.41) is 0. The molecule has 0 aromatic carbocycles. The standard InChI is InChI=1S/C9H22N2O3S/c1-4-11(8-9(2)7-10)15(12,13)6-5-14-3/h9H,4-8,10H2,1-3H3. The van der Waals surface area contributed by atoms with Crippen LogP contribution in [0, 0.1) is 5.92 Å². The molecule has 15 heavy (non-hydrogen) atoms. The molecule has 0 aromatic heterocycles. The summed E-state index contributed by atoms with van der Waals surface area (Å²) < 4.78 is 29.8. The molecule has 5 nitrogen and oxygen atoms in total. The largest absolute Gasteiger partial charge is 0.384 e. The van der Waals surface area contributed by atoms with Crippen LogP contribution in [0.15, 0.2) is 0 Å². The quantitative estimate of drug-likeness (QED) is 0.640. The van der Waals surface area contributed by atoms with E-state index >= 15 is 0 Å². The van der Waals surface area contributed by atoms with Crippen LogP contribution in [0.5, 0.6) is 0 Å². The number of hydrogen-bond acceptors (Lipinski definition) is 4. The van der Waals surface area contributed by atoms with Gasteiger partial charge < -0.3 is 10.5 Å². The van der Waals surface area contributed by atoms with Gasteiger partial charge in [-0.1, -0.05) is 13.8 Å². The van der Waals surface area contributed by atoms with Gasteiger partial charge in [0, 0.05) is 20.2 Å². The Morgan fingerprint density at radius 2 is 2.07 bits per heavy atom. The zero-order valence-electron chi connectivity index (χ0n) is 9.77. The third kappa shape index (κ3) is 5.46. The second-order valence-electron chi connectivity index (χ2n) is 3.60. The van der Waals surface area contributed by atoms with Crippen molar-refractivity contribution in [2.75, 3.05) is 39.1 Å². The van der Waals surface area contributed by atoms with E-state index in [4.69, 9.17) is 10.5 Å². The predicted octanol–water partition coefficient (Wildman–Crippen LogP) is -0.121. The van der Waals surface area contributed by atoms with E-state index in [1.165, 1.54) is 11.4 Å². The highest BCUT2D eigenvalue weighted by atomic mass is 32.2. The Morgan fingerprint density at radius 1 is 1.47 bits per heavy atom. The van der Waals surface area contributed by atoms with E-state index < -0.39 is 10.0 Å². The molecule has 0 rings (SSSR count). The van der Waals surface area contributed by atoms with Gasteiger partial charge >= 0.3 is 0 Å². The van der Waals surface area contributed by atoms with Crippen molar-refractivity contribution in [3.8, 4) is 0 Å². The van der Waals surface area contributed by atoms with Gasteiger partial charge in [0.2, 0.25) is 10.0 Å². The SMILES string of the molecule is CCN(CC(C)CN)S(=O)(=O)CCOC. The topological polar surface area (TPSA) is 72.6 Å². The first kappa shape index (κ1) is 14.8. The first-order valence-corrected chi connectivity index (χ1v) is 6.75. The van der Waals surface area contributed by atoms with Crippen LogP contribution in [0.3, 0.4) is 0 Å². The average Bonchev–Trinajstić information content (AvgIpc) is 2.22. The molecule has 0 amide bonds. The molecule has 6 heteroatoms. The van der Waals surface area contributed by atoms with Gasteiger partial charge in [-0.25, -0.2) is 12.7 Å². The molecule has 1 unspecified atom stereocenters. The molecule has 92 valence electrons. The summed E-state index contributed by atoms with van der Waals surface area (Å²) in [6.45, 7) is 5.46. The third-order valence-corrected chi connectivity index (χ3v) is 4.09. The number of nitrogens with zero attached hydrogens (tertiary/aromatic N) is 1. The molecule has 1 atom stereocenters. The van der Waals surface area contributed by atoms with Crippen molar-refractivity contribution >= 4 is 10.0 Å². The van der Waals surface area contributed by atoms with Crippen LogP contribution in [-0.2, 0) is 14.8 Å². The normalized spacial score (nSPS) is 14.5. The fourth-order valence-electron chi connectivity index (χ4n) is 1.18. The Bertz CT molecular complexity index is 254. The smallest absolute Gasteiger partial charge is 0.216 e. The van der Waals surface area contributed by atoms with Crippen LogP contribution >= 0.6 is 0 Å². The van der Waals surface area contributed by atoms with E-state index in [2.05, 4.69) is 0 Å². The molecule has 0 aliphatic heterocycles. The molecule has 0 saturated carbocycles. The number of nitrogens with two attached hydrogens (primary N) is 1. The average molecular weight is 238 g/mol. The number of hydrogen-bond donors (Lipinski definition) is 1. The summed E-state index contributed by atoms with van der Waals surface area (Å²) in [4.78, 5) is 0. The van der Waals surface area contributed by atoms with E-state index in [0.29, 0.717) is 19.6 Å². The van der Waals surface area contributed by atoms with Gasteiger partial charge in [-0.3, -0.25) is 0 Å². The number of methoxy groups -OCH3 is 1. The van der Waals surface area contributed by atoms with Crippen molar-refractivity contribution in [2.24, 2.45) is 11.7 Å². The van der Waals surface area contributed by atoms with Crippen molar-refractivity contribution in [2.45, 2.75) is 13.8 Å². The van der Waals surface area contributed by atoms with Crippen LogP contribution in [0.1, 0.15) is 13.8 Å². The van der Waals surface area contributed by atoms with Crippen LogP contribution in [0.2, 0.25) is 0 Å². The molecule has 0 saturated heterocycles. The monoisotopic (exact) mass is 238 g/mol. The Hall–Kier alpha value is -0.170. The summed E-state index contributed by atoms with van der Waals surface area (Å²) in [7, 11) is -1.69. The summed E-state index contributed by atoms with van der Waals surface area (Å²) in [5.41, 5.74) is 5.47. The zero-order chi connectivity index (χ0) is 11.9. The number of ether oxygens (including phenoxy) is 1. The minimum absolute atomic E-state index is 0.0363. The first-order valence-electron chi connectivity index (χ1n) is 5.14. The van der Waals surface area contributed by atoms with Crippen molar-refractivity contribution in [3.63, 3.8) is 0 Å². The van der Waals surface area contributed by atoms with E-state index in [0.717, 1.165) is 0 Å². The highest BCUT2D eigenvalue weighted by Crippen LogP contribution is 2.05. The van der Waals surface area contributed by atoms with Gasteiger partial charge in [0.25, 0.3) is 0 Å². The first-order chi connectivity index (χ1) is 6.97. The van der Waals surface area contributed by atoms with E-state index in [-0.39, 0.29) is 18.3 Å². The predicted molar refractivity (Wildman–Crippen MR) is 61.1 cm³/mol. The molecular weight excluding hydrogens is 216 g/mol. The van der Waals surface area contributed by atoms with E-state index in [1.54, 1.807) is 0 Å². The van der Waals surface area contributed by atoms with Gasteiger partial charge in [0.05, 0.1) is 12.4 Å². The zero-order valence-corrected chi connectivity index (χ0v) is 10.6. The Morgan fingerprint density at radius 3 is 2.47 bits per heavy atom. The summed E-state index contributed by atoms with van der Waals surface area (Å²) in [5.74, 6) is 0.219. The van der Waals surface area contributed by atoms with Gasteiger partial charge in [-0.2, -0.15) is 0 Å². The summed E-state index contributed by atoms with van der Waals surface area (Å²) in [6.07, 6.45) is 0. The van der Waals surface area contributed by atoms with Gasteiger partial charge in [-0.15, -0.1) is 0 Å². The van der Waals surface area contributed by atoms with Crippen LogP contribution in [0.4, 0.5) is 0 Å². The Labute approximate surface area is 92.6 Å². The molecule has 0 fully saturated rings. The molecular formula is C9H22N2O3S. The highest BCUT2D eigenvalue weighted by Gasteiger charge is 2.21. The maximum atomic E-state index is 11.8. The van der Waals surface area contributed by atoms with Crippen molar-refractivity contribution in [1.82, 2.24) is 4.31 Å². The van der Waals surface area contributed by atoms with Gasteiger partial charge in [0.15, 0.2) is 0 Å². The highest BCUT2D eigenvalue weighted by molar-refractivity contribution is 7.89. The lowest BCUT2D eigenvalue weighted by atomic mass is 10.2. The number of rotatable bonds is 8. The fourth-order valence-corrected chi connectivity index (χ4v) is 2.69. The summed E-state index contributed by atoms with van der Waals surface area (Å²) >= 11 is 0. The minimum atomic E-state index is -3.19. The van der Waals surface area contributed by atoms with E-state index in [1.807, 2.05) is 13.8 Å². The van der Waals surface area contributed by atoms with Crippen molar-refractivity contribution < 1.29 is 13.2 Å². The van der Waals surface area contributed by atoms with Crippen LogP contribution < -0.4 is 5.73 Å². The van der Waals surface area contributed by atoms with Crippen LogP contribution in [-0.4, -0.2) is 51.8 Å². The molecule has 0 spiro atoms. The maximum Gasteiger partial charge on any atom is 0.216 e. The third-order valence-electron chi connectivity index (χ3n) is 2.21. The fraction of sp³-hybridized carbons (Fsp3) is 1.00. The molecule has 0 aliphatic carbocycles. The minimum Gasteiger partial charge on any atom is -0.384 e. The lowest BCUT2D eigenvalue weighted by Crippen LogP contribution is -2.38. The molecule has 0 aliphatic rings. The van der Waals surface area contributed by atoms with Crippen molar-refractivity contribution in [3.05, 3.63) is 0 Å². The summed E-state index contributed by atoms with van der Waals surface area (Å²) in [6, 6.07) is 0. The van der Waals surface area contributed by atoms with Gasteiger partial charge in [-0.05, 0) is 12.5 Å².